The highest BCUT2D eigenvalue weighted by Crippen LogP contribution is 2.24. The minimum absolute atomic E-state index is 0.00341. The summed E-state index contributed by atoms with van der Waals surface area (Å²) in [4.78, 5) is 12.4. The highest BCUT2D eigenvalue weighted by atomic mass is 16.5. The summed E-state index contributed by atoms with van der Waals surface area (Å²) in [7, 11) is 1.64. The van der Waals surface area contributed by atoms with Gasteiger partial charge in [0, 0.05) is 5.56 Å². The number of benzene rings is 3. The van der Waals surface area contributed by atoms with E-state index in [1.165, 1.54) is 5.39 Å². The first-order valence-electron chi connectivity index (χ1n) is 8.07. The third-order valence-electron chi connectivity index (χ3n) is 4.16. The highest BCUT2D eigenvalue weighted by Gasteiger charge is 2.14. The first-order valence-corrected chi connectivity index (χ1v) is 8.07. The van der Waals surface area contributed by atoms with Crippen LogP contribution >= 0.6 is 0 Å². The van der Waals surface area contributed by atoms with Crippen molar-refractivity contribution in [3.63, 3.8) is 0 Å². The molecule has 0 aliphatic heterocycles. The predicted octanol–water partition coefficient (Wildman–Crippen LogP) is 4.27. The number of rotatable bonds is 5. The first kappa shape index (κ1) is 16.1. The Kier molecular flexibility index (Phi) is 4.80. The summed E-state index contributed by atoms with van der Waals surface area (Å²) in [6.07, 6.45) is 0.365. The van der Waals surface area contributed by atoms with Crippen LogP contribution < -0.4 is 10.1 Å². The van der Waals surface area contributed by atoms with Gasteiger partial charge < -0.3 is 10.1 Å². The van der Waals surface area contributed by atoms with Crippen molar-refractivity contribution in [2.75, 3.05) is 7.11 Å². The first-order chi connectivity index (χ1) is 11.7. The molecule has 1 amide bonds. The molecule has 122 valence electrons. The van der Waals surface area contributed by atoms with E-state index in [0.717, 1.165) is 22.3 Å². The topological polar surface area (TPSA) is 38.3 Å². The van der Waals surface area contributed by atoms with Gasteiger partial charge in [0.1, 0.15) is 5.75 Å². The van der Waals surface area contributed by atoms with Gasteiger partial charge in [-0.1, -0.05) is 60.7 Å². The smallest absolute Gasteiger partial charge is 0.224 e. The highest BCUT2D eigenvalue weighted by molar-refractivity contribution is 5.85. The number of carbonyl (C=O) groups is 1. The third-order valence-corrected chi connectivity index (χ3v) is 4.16. The molecule has 0 fully saturated rings. The lowest BCUT2D eigenvalue weighted by atomic mass is 10.0. The molecule has 3 heteroatoms. The molecule has 0 aliphatic rings. The molecule has 0 unspecified atom stereocenters. The van der Waals surface area contributed by atoms with Crippen LogP contribution in [0.2, 0.25) is 0 Å². The number of para-hydroxylation sites is 1. The molecule has 3 aromatic carbocycles. The van der Waals surface area contributed by atoms with Crippen LogP contribution in [-0.4, -0.2) is 13.0 Å². The van der Waals surface area contributed by atoms with Gasteiger partial charge in [0.2, 0.25) is 5.91 Å². The van der Waals surface area contributed by atoms with Crippen molar-refractivity contribution in [1.29, 1.82) is 0 Å². The quantitative estimate of drug-likeness (QED) is 0.763. The molecule has 0 saturated carbocycles. The fraction of sp³-hybridized carbons (Fsp3) is 0.190. The van der Waals surface area contributed by atoms with Gasteiger partial charge in [-0.05, 0) is 29.3 Å². The molecule has 1 atom stereocenters. The van der Waals surface area contributed by atoms with Crippen LogP contribution in [0.5, 0.6) is 5.75 Å². The SMILES string of the molecule is COc1ccccc1[C@H](C)NC(=O)Cc1ccc2ccccc2c1. The number of fused-ring (bicyclic) bond motifs is 1. The Labute approximate surface area is 142 Å². The van der Waals surface area contributed by atoms with E-state index in [2.05, 4.69) is 29.6 Å². The van der Waals surface area contributed by atoms with Gasteiger partial charge in [0.15, 0.2) is 0 Å². The number of nitrogens with one attached hydrogen (secondary N) is 1. The molecular weight excluding hydrogens is 298 g/mol. The van der Waals surface area contributed by atoms with E-state index >= 15 is 0 Å². The zero-order chi connectivity index (χ0) is 16.9. The Morgan fingerprint density at radius 3 is 2.50 bits per heavy atom. The Bertz CT molecular complexity index is 857. The summed E-state index contributed by atoms with van der Waals surface area (Å²) in [5.74, 6) is 0.791. The van der Waals surface area contributed by atoms with E-state index in [9.17, 15) is 4.79 Å². The van der Waals surface area contributed by atoms with Crippen molar-refractivity contribution in [3.8, 4) is 5.75 Å². The van der Waals surface area contributed by atoms with Crippen LogP contribution in [-0.2, 0) is 11.2 Å². The second-order valence-electron chi connectivity index (χ2n) is 5.89. The molecule has 3 aromatic rings. The number of amides is 1. The van der Waals surface area contributed by atoms with Crippen molar-refractivity contribution in [2.45, 2.75) is 19.4 Å². The van der Waals surface area contributed by atoms with E-state index in [-0.39, 0.29) is 11.9 Å². The van der Waals surface area contributed by atoms with Crippen LogP contribution in [0.4, 0.5) is 0 Å². The lowest BCUT2D eigenvalue weighted by Gasteiger charge is -2.17. The van der Waals surface area contributed by atoms with Gasteiger partial charge in [-0.3, -0.25) is 4.79 Å². The Morgan fingerprint density at radius 1 is 1.00 bits per heavy atom. The molecule has 3 nitrogen and oxygen atoms in total. The molecule has 0 bridgehead atoms. The second-order valence-corrected chi connectivity index (χ2v) is 5.89. The van der Waals surface area contributed by atoms with Crippen LogP contribution in [0.25, 0.3) is 10.8 Å². The number of hydrogen-bond acceptors (Lipinski definition) is 2. The van der Waals surface area contributed by atoms with E-state index in [1.54, 1.807) is 7.11 Å². The lowest BCUT2D eigenvalue weighted by molar-refractivity contribution is -0.121. The fourth-order valence-corrected chi connectivity index (χ4v) is 2.93. The van der Waals surface area contributed by atoms with Crippen molar-refractivity contribution >= 4 is 16.7 Å². The summed E-state index contributed by atoms with van der Waals surface area (Å²) in [6, 6.07) is 21.9. The zero-order valence-electron chi connectivity index (χ0n) is 14.0. The van der Waals surface area contributed by atoms with E-state index < -0.39 is 0 Å². The monoisotopic (exact) mass is 319 g/mol. The molecule has 0 heterocycles. The van der Waals surface area contributed by atoms with Crippen molar-refractivity contribution < 1.29 is 9.53 Å². The van der Waals surface area contributed by atoms with Gasteiger partial charge in [-0.25, -0.2) is 0 Å². The Hall–Kier alpha value is -2.81. The summed E-state index contributed by atoms with van der Waals surface area (Å²) in [6.45, 7) is 1.97. The molecule has 3 rings (SSSR count). The summed E-state index contributed by atoms with van der Waals surface area (Å²) in [5.41, 5.74) is 1.99. The number of carbonyl (C=O) groups excluding carboxylic acids is 1. The maximum absolute atomic E-state index is 12.4. The Balaban J connectivity index is 1.70. The standard InChI is InChI=1S/C21H21NO2/c1-15(19-9-5-6-10-20(19)24-2)22-21(23)14-16-11-12-17-7-3-4-8-18(17)13-16/h3-13,15H,14H2,1-2H3,(H,22,23)/t15-/m0/s1. The summed E-state index contributed by atoms with van der Waals surface area (Å²) >= 11 is 0. The number of ether oxygens (including phenoxy) is 1. The molecule has 0 spiro atoms. The molecule has 0 aromatic heterocycles. The second kappa shape index (κ2) is 7.18. The Morgan fingerprint density at radius 2 is 1.71 bits per heavy atom. The van der Waals surface area contributed by atoms with E-state index in [4.69, 9.17) is 4.74 Å². The predicted molar refractivity (Wildman–Crippen MR) is 97.2 cm³/mol. The minimum Gasteiger partial charge on any atom is -0.496 e. The average molecular weight is 319 g/mol. The maximum Gasteiger partial charge on any atom is 0.224 e. The average Bonchev–Trinajstić information content (AvgIpc) is 2.61. The summed E-state index contributed by atoms with van der Waals surface area (Å²) < 4.78 is 5.36. The molecular formula is C21H21NO2. The third kappa shape index (κ3) is 3.57. The maximum atomic E-state index is 12.4. The molecule has 0 radical (unpaired) electrons. The normalized spacial score (nSPS) is 11.9. The van der Waals surface area contributed by atoms with Crippen LogP contribution in [0.3, 0.4) is 0 Å². The largest absolute Gasteiger partial charge is 0.496 e. The molecule has 0 aliphatic carbocycles. The minimum atomic E-state index is -0.103. The van der Waals surface area contributed by atoms with Crippen molar-refractivity contribution in [2.24, 2.45) is 0 Å². The van der Waals surface area contributed by atoms with Crippen molar-refractivity contribution in [3.05, 3.63) is 77.9 Å². The van der Waals surface area contributed by atoms with Crippen molar-refractivity contribution in [1.82, 2.24) is 5.32 Å². The van der Waals surface area contributed by atoms with E-state index in [1.807, 2.05) is 49.4 Å². The molecule has 24 heavy (non-hydrogen) atoms. The van der Waals surface area contributed by atoms with Gasteiger partial charge in [0.05, 0.1) is 19.6 Å². The van der Waals surface area contributed by atoms with Gasteiger partial charge >= 0.3 is 0 Å². The number of hydrogen-bond donors (Lipinski definition) is 1. The molecule has 0 saturated heterocycles. The van der Waals surface area contributed by atoms with Gasteiger partial charge in [-0.2, -0.15) is 0 Å². The summed E-state index contributed by atoms with van der Waals surface area (Å²) in [5, 5.41) is 5.39. The van der Waals surface area contributed by atoms with Crippen LogP contribution in [0, 0.1) is 0 Å². The van der Waals surface area contributed by atoms with E-state index in [0.29, 0.717) is 6.42 Å². The zero-order valence-corrected chi connectivity index (χ0v) is 14.0. The van der Waals surface area contributed by atoms with Gasteiger partial charge in [0.25, 0.3) is 0 Å². The van der Waals surface area contributed by atoms with Crippen LogP contribution in [0.15, 0.2) is 66.7 Å². The molecule has 1 N–H and O–H groups in total. The lowest BCUT2D eigenvalue weighted by Crippen LogP contribution is -2.28. The fourth-order valence-electron chi connectivity index (χ4n) is 2.93. The van der Waals surface area contributed by atoms with Crippen LogP contribution in [0.1, 0.15) is 24.1 Å². The van der Waals surface area contributed by atoms with Gasteiger partial charge in [-0.15, -0.1) is 0 Å². The number of methoxy groups -OCH3 is 1.